The number of nitrogens with one attached hydrogen (secondary N) is 2. The van der Waals surface area contributed by atoms with Crippen molar-refractivity contribution in [3.8, 4) is 11.5 Å². The number of hydrogen-bond acceptors (Lipinski definition) is 5. The van der Waals surface area contributed by atoms with Crippen LogP contribution in [0.5, 0.6) is 11.5 Å². The summed E-state index contributed by atoms with van der Waals surface area (Å²) < 4.78 is 10.7. The van der Waals surface area contributed by atoms with Gasteiger partial charge in [0.05, 0.1) is 19.5 Å². The van der Waals surface area contributed by atoms with Crippen molar-refractivity contribution in [2.24, 2.45) is 0 Å². The molecule has 0 aliphatic heterocycles. The highest BCUT2D eigenvalue weighted by Gasteiger charge is 2.12. The lowest BCUT2D eigenvalue weighted by molar-refractivity contribution is -0.119. The van der Waals surface area contributed by atoms with Crippen LogP contribution in [0.2, 0.25) is 0 Å². The first-order valence-electron chi connectivity index (χ1n) is 9.12. The number of rotatable bonds is 7. The van der Waals surface area contributed by atoms with Gasteiger partial charge in [-0.1, -0.05) is 30.3 Å². The van der Waals surface area contributed by atoms with E-state index in [0.717, 1.165) is 15.7 Å². The normalized spacial score (nSPS) is 10.4. The lowest BCUT2D eigenvalue weighted by Crippen LogP contribution is -2.42. The fourth-order valence-electron chi connectivity index (χ4n) is 2.72. The van der Waals surface area contributed by atoms with Crippen LogP contribution < -0.4 is 20.3 Å². The maximum absolute atomic E-state index is 12.3. The van der Waals surface area contributed by atoms with Crippen LogP contribution in [0.4, 0.5) is 0 Å². The number of carbonyl (C=O) groups excluding carboxylic acids is 2. The lowest BCUT2D eigenvalue weighted by atomic mass is 10.1. The number of thioether (sulfide) groups is 1. The van der Waals surface area contributed by atoms with Crippen molar-refractivity contribution < 1.29 is 19.1 Å². The summed E-state index contributed by atoms with van der Waals surface area (Å²) in [6.07, 6.45) is 0. The monoisotopic (exact) mass is 410 g/mol. The number of benzene rings is 3. The predicted octanol–water partition coefficient (Wildman–Crippen LogP) is 3.80. The zero-order valence-corrected chi connectivity index (χ0v) is 17.0. The van der Waals surface area contributed by atoms with E-state index in [9.17, 15) is 9.59 Å². The second kappa shape index (κ2) is 9.84. The maximum atomic E-state index is 12.3. The van der Waals surface area contributed by atoms with Crippen LogP contribution in [0.1, 0.15) is 17.3 Å². The van der Waals surface area contributed by atoms with Crippen molar-refractivity contribution in [3.05, 3.63) is 66.2 Å². The van der Waals surface area contributed by atoms with Gasteiger partial charge in [-0.3, -0.25) is 20.4 Å². The molecule has 0 bridgehead atoms. The Kier molecular flexibility index (Phi) is 6.97. The van der Waals surface area contributed by atoms with Crippen LogP contribution in [0.15, 0.2) is 65.6 Å². The van der Waals surface area contributed by atoms with Gasteiger partial charge in [0.25, 0.3) is 5.91 Å². The van der Waals surface area contributed by atoms with Gasteiger partial charge >= 0.3 is 0 Å². The van der Waals surface area contributed by atoms with Gasteiger partial charge in [-0.15, -0.1) is 11.8 Å². The Morgan fingerprint density at radius 2 is 1.72 bits per heavy atom. The Morgan fingerprint density at radius 3 is 2.48 bits per heavy atom. The largest absolute Gasteiger partial charge is 0.493 e. The molecule has 6 nitrogen and oxygen atoms in total. The van der Waals surface area contributed by atoms with Gasteiger partial charge in [0.15, 0.2) is 11.5 Å². The Bertz CT molecular complexity index is 1020. The second-order valence-electron chi connectivity index (χ2n) is 6.10. The summed E-state index contributed by atoms with van der Waals surface area (Å²) in [5.74, 6) is 0.468. The van der Waals surface area contributed by atoms with Crippen molar-refractivity contribution in [2.75, 3.05) is 19.5 Å². The van der Waals surface area contributed by atoms with E-state index < -0.39 is 5.91 Å². The molecule has 0 aliphatic carbocycles. The van der Waals surface area contributed by atoms with Gasteiger partial charge in [-0.05, 0) is 48.0 Å². The molecule has 0 spiro atoms. The molecule has 29 heavy (non-hydrogen) atoms. The second-order valence-corrected chi connectivity index (χ2v) is 7.15. The summed E-state index contributed by atoms with van der Waals surface area (Å²) in [5.41, 5.74) is 5.21. The number of hydrogen-bond donors (Lipinski definition) is 2. The minimum Gasteiger partial charge on any atom is -0.493 e. The van der Waals surface area contributed by atoms with E-state index >= 15 is 0 Å². The van der Waals surface area contributed by atoms with Gasteiger partial charge in [0.2, 0.25) is 5.91 Å². The van der Waals surface area contributed by atoms with Gasteiger partial charge in [0.1, 0.15) is 0 Å². The molecular formula is C22H22N2O4S. The van der Waals surface area contributed by atoms with Crippen LogP contribution in [0, 0.1) is 0 Å². The number of carbonyl (C=O) groups is 2. The van der Waals surface area contributed by atoms with Crippen LogP contribution in [-0.2, 0) is 4.79 Å². The van der Waals surface area contributed by atoms with Crippen molar-refractivity contribution in [1.29, 1.82) is 0 Å². The summed E-state index contributed by atoms with van der Waals surface area (Å²) in [5, 5.41) is 2.27. The molecule has 0 atom stereocenters. The smallest absolute Gasteiger partial charge is 0.269 e. The first-order chi connectivity index (χ1) is 14.1. The van der Waals surface area contributed by atoms with E-state index in [1.807, 2.05) is 49.4 Å². The molecule has 2 N–H and O–H groups in total. The van der Waals surface area contributed by atoms with E-state index in [4.69, 9.17) is 9.47 Å². The number of fused-ring (bicyclic) bond motifs is 1. The third-order valence-corrected chi connectivity index (χ3v) is 5.13. The van der Waals surface area contributed by atoms with Crippen LogP contribution in [-0.4, -0.2) is 31.3 Å². The average molecular weight is 410 g/mol. The average Bonchev–Trinajstić information content (AvgIpc) is 2.76. The van der Waals surface area contributed by atoms with Gasteiger partial charge < -0.3 is 9.47 Å². The fourth-order valence-corrected chi connectivity index (χ4v) is 3.47. The van der Waals surface area contributed by atoms with Crippen LogP contribution >= 0.6 is 11.8 Å². The molecule has 0 saturated heterocycles. The molecule has 0 saturated carbocycles. The zero-order valence-electron chi connectivity index (χ0n) is 16.2. The van der Waals surface area contributed by atoms with E-state index in [0.29, 0.717) is 23.7 Å². The first-order valence-corrected chi connectivity index (χ1v) is 10.1. The van der Waals surface area contributed by atoms with E-state index in [2.05, 4.69) is 10.9 Å². The van der Waals surface area contributed by atoms with Gasteiger partial charge in [-0.25, -0.2) is 0 Å². The first kappa shape index (κ1) is 20.5. The molecule has 0 aliphatic rings. The molecular weight excluding hydrogens is 388 g/mol. The Labute approximate surface area is 173 Å². The molecule has 2 amide bonds. The van der Waals surface area contributed by atoms with Crippen molar-refractivity contribution >= 4 is 34.3 Å². The summed E-state index contributed by atoms with van der Waals surface area (Å²) in [4.78, 5) is 25.4. The van der Waals surface area contributed by atoms with Crippen molar-refractivity contribution in [3.63, 3.8) is 0 Å². The SMILES string of the molecule is CCOc1ccc(C(=O)NNC(=O)CSc2ccc3ccccc3c2)cc1OC. The lowest BCUT2D eigenvalue weighted by Gasteiger charge is -2.11. The number of ether oxygens (including phenoxy) is 2. The fraction of sp³-hybridized carbons (Fsp3) is 0.182. The maximum Gasteiger partial charge on any atom is 0.269 e. The minimum atomic E-state index is -0.435. The molecule has 0 heterocycles. The van der Waals surface area contributed by atoms with Crippen molar-refractivity contribution in [1.82, 2.24) is 10.9 Å². The molecule has 3 rings (SSSR count). The quantitative estimate of drug-likeness (QED) is 0.458. The highest BCUT2D eigenvalue weighted by atomic mass is 32.2. The summed E-state index contributed by atoms with van der Waals surface area (Å²) >= 11 is 1.40. The molecule has 7 heteroatoms. The molecule has 3 aromatic carbocycles. The molecule has 0 fully saturated rings. The number of hydrazine groups is 1. The zero-order chi connectivity index (χ0) is 20.6. The third-order valence-electron chi connectivity index (χ3n) is 4.13. The molecule has 150 valence electrons. The summed E-state index contributed by atoms with van der Waals surface area (Å²) in [6, 6.07) is 18.9. The van der Waals surface area contributed by atoms with Gasteiger partial charge in [-0.2, -0.15) is 0 Å². The Morgan fingerprint density at radius 1 is 0.931 bits per heavy atom. The Hall–Kier alpha value is -3.19. The molecule has 0 unspecified atom stereocenters. The topological polar surface area (TPSA) is 76.7 Å². The minimum absolute atomic E-state index is 0.186. The predicted molar refractivity (Wildman–Crippen MR) is 114 cm³/mol. The molecule has 0 aromatic heterocycles. The molecule has 0 radical (unpaired) electrons. The van der Waals surface area contributed by atoms with E-state index in [1.165, 1.54) is 18.9 Å². The summed E-state index contributed by atoms with van der Waals surface area (Å²) in [6.45, 7) is 2.36. The highest BCUT2D eigenvalue weighted by molar-refractivity contribution is 8.00. The Balaban J connectivity index is 1.52. The third kappa shape index (κ3) is 5.42. The van der Waals surface area contributed by atoms with E-state index in [-0.39, 0.29) is 11.7 Å². The molecule has 3 aromatic rings. The van der Waals surface area contributed by atoms with Crippen molar-refractivity contribution in [2.45, 2.75) is 11.8 Å². The van der Waals surface area contributed by atoms with Crippen LogP contribution in [0.3, 0.4) is 0 Å². The summed E-state index contributed by atoms with van der Waals surface area (Å²) in [7, 11) is 1.51. The van der Waals surface area contributed by atoms with Crippen LogP contribution in [0.25, 0.3) is 10.8 Å². The highest BCUT2D eigenvalue weighted by Crippen LogP contribution is 2.28. The standard InChI is InChI=1S/C22H22N2O4S/c1-3-28-19-11-9-17(13-20(19)27-2)22(26)24-23-21(25)14-29-18-10-8-15-6-4-5-7-16(15)12-18/h4-13H,3,14H2,1-2H3,(H,23,25)(H,24,26). The van der Waals surface area contributed by atoms with Gasteiger partial charge in [0, 0.05) is 10.5 Å². The number of methoxy groups -OCH3 is 1. The number of amides is 2. The van der Waals surface area contributed by atoms with E-state index in [1.54, 1.807) is 18.2 Å².